The minimum atomic E-state index is -0.00681. The highest BCUT2D eigenvalue weighted by Crippen LogP contribution is 2.26. The van der Waals surface area contributed by atoms with Crippen LogP contribution in [0.1, 0.15) is 27.3 Å². The van der Waals surface area contributed by atoms with E-state index in [1.54, 1.807) is 0 Å². The van der Waals surface area contributed by atoms with Crippen molar-refractivity contribution in [3.05, 3.63) is 71.2 Å². The number of ether oxygens (including phenoxy) is 1. The molecule has 1 fully saturated rings. The summed E-state index contributed by atoms with van der Waals surface area (Å²) < 4.78 is 5.48. The number of fused-ring (bicyclic) bond motifs is 1. The van der Waals surface area contributed by atoms with Crippen LogP contribution >= 0.6 is 0 Å². The molecule has 2 aromatic heterocycles. The van der Waals surface area contributed by atoms with Crippen LogP contribution in [0.3, 0.4) is 0 Å². The number of H-pyrrole nitrogens is 1. The molecular formula is C24H24N4O2. The van der Waals surface area contributed by atoms with Crippen molar-refractivity contribution in [1.29, 1.82) is 0 Å². The molecule has 152 valence electrons. The largest absolute Gasteiger partial charge is 0.378 e. The number of nitrogens with zero attached hydrogens (tertiary/aromatic N) is 2. The Morgan fingerprint density at radius 3 is 2.80 bits per heavy atom. The molecule has 6 nitrogen and oxygen atoms in total. The Labute approximate surface area is 175 Å². The van der Waals surface area contributed by atoms with Gasteiger partial charge in [0, 0.05) is 54.9 Å². The molecule has 0 bridgehead atoms. The monoisotopic (exact) mass is 400 g/mol. The summed E-state index contributed by atoms with van der Waals surface area (Å²) in [6.07, 6.45) is 6.79. The summed E-state index contributed by atoms with van der Waals surface area (Å²) in [6.45, 7) is 4.02. The summed E-state index contributed by atoms with van der Waals surface area (Å²) in [6, 6.07) is 14.4. The topological polar surface area (TPSA) is 70.2 Å². The second-order valence-electron chi connectivity index (χ2n) is 7.54. The number of benzene rings is 1. The molecule has 0 radical (unpaired) electrons. The van der Waals surface area contributed by atoms with Gasteiger partial charge < -0.3 is 19.9 Å². The molecule has 0 atom stereocenters. The minimum absolute atomic E-state index is 0.00681. The second-order valence-corrected chi connectivity index (χ2v) is 7.54. The molecule has 2 aliphatic rings. The van der Waals surface area contributed by atoms with Gasteiger partial charge in [-0.25, -0.2) is 0 Å². The van der Waals surface area contributed by atoms with Crippen LogP contribution in [0.25, 0.3) is 23.4 Å². The van der Waals surface area contributed by atoms with E-state index in [2.05, 4.69) is 50.5 Å². The molecule has 1 amide bonds. The van der Waals surface area contributed by atoms with Gasteiger partial charge in [0.05, 0.1) is 24.5 Å². The Balaban J connectivity index is 1.41. The first-order valence-corrected chi connectivity index (χ1v) is 10.3. The standard InChI is InChI=1S/C24H24N4O2/c29-24-20-16-22(27-21(20)8-10-26-24)18-7-9-25-19(15-18)6-5-17-3-1-2-4-23(17)28-11-13-30-14-12-28/h1-7,9,15-16,27H,8,10-14H2,(H,26,29). The zero-order valence-electron chi connectivity index (χ0n) is 16.7. The van der Waals surface area contributed by atoms with Gasteiger partial charge in [-0.1, -0.05) is 24.3 Å². The molecule has 0 unspecified atom stereocenters. The van der Waals surface area contributed by atoms with Gasteiger partial charge in [0.2, 0.25) is 0 Å². The van der Waals surface area contributed by atoms with Gasteiger partial charge in [0.1, 0.15) is 0 Å². The Hall–Kier alpha value is -3.38. The van der Waals surface area contributed by atoms with Gasteiger partial charge >= 0.3 is 0 Å². The van der Waals surface area contributed by atoms with Gasteiger partial charge in [-0.2, -0.15) is 0 Å². The Bertz CT molecular complexity index is 1100. The van der Waals surface area contributed by atoms with Crippen molar-refractivity contribution in [3.8, 4) is 11.3 Å². The summed E-state index contributed by atoms with van der Waals surface area (Å²) in [4.78, 5) is 22.3. The maximum Gasteiger partial charge on any atom is 0.253 e. The maximum absolute atomic E-state index is 12.1. The third-order valence-electron chi connectivity index (χ3n) is 5.62. The van der Waals surface area contributed by atoms with E-state index in [0.29, 0.717) is 6.54 Å². The number of aromatic nitrogens is 2. The fraction of sp³-hybridized carbons (Fsp3) is 0.250. The van der Waals surface area contributed by atoms with Gasteiger partial charge in [0.25, 0.3) is 5.91 Å². The van der Waals surface area contributed by atoms with Gasteiger partial charge in [-0.3, -0.25) is 9.78 Å². The smallest absolute Gasteiger partial charge is 0.253 e. The molecule has 0 aliphatic carbocycles. The number of carbonyl (C=O) groups is 1. The fourth-order valence-corrected chi connectivity index (χ4v) is 4.05. The number of rotatable bonds is 4. The van der Waals surface area contributed by atoms with Crippen molar-refractivity contribution in [2.24, 2.45) is 0 Å². The summed E-state index contributed by atoms with van der Waals surface area (Å²) in [5.41, 5.74) is 6.97. The van der Waals surface area contributed by atoms with Crippen molar-refractivity contribution < 1.29 is 9.53 Å². The van der Waals surface area contributed by atoms with E-state index in [1.165, 1.54) is 11.3 Å². The quantitative estimate of drug-likeness (QED) is 0.705. The number of hydrogen-bond donors (Lipinski definition) is 2. The molecule has 0 spiro atoms. The van der Waals surface area contributed by atoms with Crippen LogP contribution in [0.5, 0.6) is 0 Å². The summed E-state index contributed by atoms with van der Waals surface area (Å²) in [5.74, 6) is -0.00681. The molecule has 3 aromatic rings. The Morgan fingerprint density at radius 1 is 1.07 bits per heavy atom. The summed E-state index contributed by atoms with van der Waals surface area (Å²) in [7, 11) is 0. The van der Waals surface area contributed by atoms with E-state index in [-0.39, 0.29) is 5.91 Å². The lowest BCUT2D eigenvalue weighted by molar-refractivity contribution is 0.0946. The molecule has 1 aromatic carbocycles. The lowest BCUT2D eigenvalue weighted by Gasteiger charge is -2.30. The number of nitrogens with one attached hydrogen (secondary N) is 2. The van der Waals surface area contributed by atoms with Gasteiger partial charge in [0.15, 0.2) is 0 Å². The van der Waals surface area contributed by atoms with E-state index in [1.807, 2.05) is 30.5 Å². The molecule has 4 heterocycles. The first-order chi connectivity index (χ1) is 14.8. The van der Waals surface area contributed by atoms with E-state index >= 15 is 0 Å². The van der Waals surface area contributed by atoms with Crippen molar-refractivity contribution in [3.63, 3.8) is 0 Å². The molecule has 2 N–H and O–H groups in total. The van der Waals surface area contributed by atoms with Crippen LogP contribution in [0, 0.1) is 0 Å². The zero-order valence-corrected chi connectivity index (χ0v) is 16.7. The third kappa shape index (κ3) is 3.74. The lowest BCUT2D eigenvalue weighted by Crippen LogP contribution is -2.36. The summed E-state index contributed by atoms with van der Waals surface area (Å²) in [5, 5.41) is 2.89. The van der Waals surface area contributed by atoms with Gasteiger partial charge in [-0.05, 0) is 35.9 Å². The number of aromatic amines is 1. The number of amides is 1. The fourth-order valence-electron chi connectivity index (χ4n) is 4.05. The number of anilines is 1. The highest BCUT2D eigenvalue weighted by Gasteiger charge is 2.20. The SMILES string of the molecule is O=C1NCCc2[nH]c(-c3ccnc(C=Cc4ccccc4N4CCOCC4)c3)cc21. The average molecular weight is 400 g/mol. The second kappa shape index (κ2) is 8.16. The van der Waals surface area contributed by atoms with Crippen LogP contribution in [-0.2, 0) is 11.2 Å². The predicted octanol–water partition coefficient (Wildman–Crippen LogP) is 3.37. The number of para-hydroxylation sites is 1. The maximum atomic E-state index is 12.1. The lowest BCUT2D eigenvalue weighted by atomic mass is 10.1. The number of hydrogen-bond acceptors (Lipinski definition) is 4. The minimum Gasteiger partial charge on any atom is -0.378 e. The molecule has 2 aliphatic heterocycles. The van der Waals surface area contributed by atoms with Crippen LogP contribution in [0.2, 0.25) is 0 Å². The Morgan fingerprint density at radius 2 is 1.93 bits per heavy atom. The van der Waals surface area contributed by atoms with E-state index < -0.39 is 0 Å². The van der Waals surface area contributed by atoms with E-state index in [0.717, 1.165) is 60.9 Å². The first-order valence-electron chi connectivity index (χ1n) is 10.3. The third-order valence-corrected chi connectivity index (χ3v) is 5.62. The molecule has 5 rings (SSSR count). The zero-order chi connectivity index (χ0) is 20.3. The predicted molar refractivity (Wildman–Crippen MR) is 118 cm³/mol. The molecule has 30 heavy (non-hydrogen) atoms. The Kier molecular flexibility index (Phi) is 5.07. The van der Waals surface area contributed by atoms with Crippen molar-refractivity contribution in [2.45, 2.75) is 6.42 Å². The van der Waals surface area contributed by atoms with Crippen molar-refractivity contribution in [1.82, 2.24) is 15.3 Å². The van der Waals surface area contributed by atoms with Gasteiger partial charge in [-0.15, -0.1) is 0 Å². The summed E-state index contributed by atoms with van der Waals surface area (Å²) >= 11 is 0. The molecular weight excluding hydrogens is 376 g/mol. The van der Waals surface area contributed by atoms with Crippen LogP contribution < -0.4 is 10.2 Å². The van der Waals surface area contributed by atoms with Crippen LogP contribution in [-0.4, -0.2) is 48.7 Å². The number of morpholine rings is 1. The number of pyridine rings is 1. The first kappa shape index (κ1) is 18.6. The average Bonchev–Trinajstić information content (AvgIpc) is 3.25. The van der Waals surface area contributed by atoms with Crippen LogP contribution in [0.4, 0.5) is 5.69 Å². The van der Waals surface area contributed by atoms with E-state index in [4.69, 9.17) is 4.74 Å². The molecule has 6 heteroatoms. The normalized spacial score (nSPS) is 16.5. The highest BCUT2D eigenvalue weighted by atomic mass is 16.5. The molecule has 0 saturated carbocycles. The van der Waals surface area contributed by atoms with E-state index in [9.17, 15) is 4.79 Å². The van der Waals surface area contributed by atoms with Crippen LogP contribution in [0.15, 0.2) is 48.7 Å². The number of carbonyl (C=O) groups excluding carboxylic acids is 1. The molecule has 1 saturated heterocycles. The van der Waals surface area contributed by atoms with Crippen molar-refractivity contribution in [2.75, 3.05) is 37.7 Å². The highest BCUT2D eigenvalue weighted by molar-refractivity contribution is 5.97. The van der Waals surface area contributed by atoms with Crippen molar-refractivity contribution >= 4 is 23.7 Å².